The summed E-state index contributed by atoms with van der Waals surface area (Å²) >= 11 is 0. The fourth-order valence-corrected chi connectivity index (χ4v) is 2.26. The molecule has 0 radical (unpaired) electrons. The molecule has 2 aliphatic rings. The van der Waals surface area contributed by atoms with Crippen LogP contribution in [0.25, 0.3) is 0 Å². The molecule has 15 heavy (non-hydrogen) atoms. The quantitative estimate of drug-likeness (QED) is 0.512. The molecule has 0 aromatic rings. The number of allylic oxidation sites excluding steroid dienone is 1. The summed E-state index contributed by atoms with van der Waals surface area (Å²) in [5.74, 6) is 0.729. The molecule has 0 unspecified atom stereocenters. The van der Waals surface area contributed by atoms with Gasteiger partial charge in [-0.15, -0.1) is 0 Å². The first-order valence-electron chi connectivity index (χ1n) is 5.82. The molecule has 0 N–H and O–H groups in total. The third kappa shape index (κ3) is 2.00. The van der Waals surface area contributed by atoms with Gasteiger partial charge >= 0.3 is 7.12 Å². The van der Waals surface area contributed by atoms with Crippen molar-refractivity contribution in [3.63, 3.8) is 0 Å². The van der Waals surface area contributed by atoms with Crippen LogP contribution in [0.15, 0.2) is 12.2 Å². The summed E-state index contributed by atoms with van der Waals surface area (Å²) in [4.78, 5) is 0. The standard InChI is InChI=1S/C12H21BO2/c1-9-6-10(7-9)8-13-14-11(2,3)12(4,5)15-13/h10H,1,6-8H2,2-5H3. The molecule has 1 saturated carbocycles. The van der Waals surface area contributed by atoms with Gasteiger partial charge in [-0.25, -0.2) is 0 Å². The lowest BCUT2D eigenvalue weighted by Gasteiger charge is -2.32. The molecule has 1 heterocycles. The molecule has 2 rings (SSSR count). The van der Waals surface area contributed by atoms with Crippen molar-refractivity contribution in [2.24, 2.45) is 5.92 Å². The van der Waals surface area contributed by atoms with E-state index in [1.165, 1.54) is 5.57 Å². The van der Waals surface area contributed by atoms with Gasteiger partial charge in [-0.1, -0.05) is 12.2 Å². The molecule has 2 nitrogen and oxygen atoms in total. The van der Waals surface area contributed by atoms with Crippen LogP contribution >= 0.6 is 0 Å². The lowest BCUT2D eigenvalue weighted by molar-refractivity contribution is 0.00578. The van der Waals surface area contributed by atoms with Crippen LogP contribution in [0.2, 0.25) is 6.32 Å². The molecule has 84 valence electrons. The second kappa shape index (κ2) is 3.36. The van der Waals surface area contributed by atoms with E-state index in [0.717, 1.165) is 25.1 Å². The van der Waals surface area contributed by atoms with Crippen molar-refractivity contribution in [2.75, 3.05) is 0 Å². The smallest absolute Gasteiger partial charge is 0.403 e. The highest BCUT2D eigenvalue weighted by Gasteiger charge is 2.51. The summed E-state index contributed by atoms with van der Waals surface area (Å²) in [6, 6.07) is 0. The van der Waals surface area contributed by atoms with Crippen LogP contribution in [-0.2, 0) is 9.31 Å². The minimum Gasteiger partial charge on any atom is -0.403 e. The van der Waals surface area contributed by atoms with Crippen LogP contribution in [0.1, 0.15) is 40.5 Å². The first-order valence-corrected chi connectivity index (χ1v) is 5.82. The zero-order valence-electron chi connectivity index (χ0n) is 10.3. The largest absolute Gasteiger partial charge is 0.458 e. The van der Waals surface area contributed by atoms with E-state index < -0.39 is 0 Å². The lowest BCUT2D eigenvalue weighted by Crippen LogP contribution is -2.41. The molecule has 1 saturated heterocycles. The maximum atomic E-state index is 5.95. The Balaban J connectivity index is 1.89. The van der Waals surface area contributed by atoms with Crippen molar-refractivity contribution >= 4 is 7.12 Å². The minimum atomic E-state index is -0.182. The Morgan fingerprint density at radius 1 is 1.20 bits per heavy atom. The van der Waals surface area contributed by atoms with Gasteiger partial charge in [-0.2, -0.15) is 0 Å². The SMILES string of the molecule is C=C1CC(CB2OC(C)(C)C(C)(C)O2)C1. The van der Waals surface area contributed by atoms with Crippen LogP contribution in [0, 0.1) is 5.92 Å². The molecule has 1 aliphatic heterocycles. The second-order valence-corrected chi connectivity index (χ2v) is 5.95. The van der Waals surface area contributed by atoms with Gasteiger partial charge in [0.25, 0.3) is 0 Å². The van der Waals surface area contributed by atoms with Gasteiger partial charge in [0.2, 0.25) is 0 Å². The summed E-state index contributed by atoms with van der Waals surface area (Å²) in [6.07, 6.45) is 3.33. The molecule has 3 heteroatoms. The predicted octanol–water partition coefficient (Wildman–Crippen LogP) is 3.04. The summed E-state index contributed by atoms with van der Waals surface area (Å²) < 4.78 is 11.9. The average Bonchev–Trinajstić information content (AvgIpc) is 2.17. The van der Waals surface area contributed by atoms with E-state index >= 15 is 0 Å². The van der Waals surface area contributed by atoms with Gasteiger partial charge < -0.3 is 9.31 Å². The van der Waals surface area contributed by atoms with Crippen LogP contribution in [0.3, 0.4) is 0 Å². The third-order valence-electron chi connectivity index (χ3n) is 3.98. The van der Waals surface area contributed by atoms with E-state index in [1.54, 1.807) is 0 Å². The Morgan fingerprint density at radius 2 is 1.67 bits per heavy atom. The Hall–Kier alpha value is -0.275. The highest BCUT2D eigenvalue weighted by Crippen LogP contribution is 2.42. The van der Waals surface area contributed by atoms with Crippen LogP contribution in [0.5, 0.6) is 0 Å². The molecule has 1 aliphatic carbocycles. The fourth-order valence-electron chi connectivity index (χ4n) is 2.26. The molecule has 0 aromatic carbocycles. The molecular weight excluding hydrogens is 187 g/mol. The molecule has 0 spiro atoms. The van der Waals surface area contributed by atoms with Crippen molar-refractivity contribution in [3.8, 4) is 0 Å². The van der Waals surface area contributed by atoms with E-state index in [-0.39, 0.29) is 18.3 Å². The van der Waals surface area contributed by atoms with Crippen LogP contribution in [-0.4, -0.2) is 18.3 Å². The van der Waals surface area contributed by atoms with Gasteiger partial charge in [-0.05, 0) is 52.8 Å². The van der Waals surface area contributed by atoms with E-state index in [1.807, 2.05) is 0 Å². The normalized spacial score (nSPS) is 29.3. The van der Waals surface area contributed by atoms with Crippen molar-refractivity contribution in [1.82, 2.24) is 0 Å². The van der Waals surface area contributed by atoms with Gasteiger partial charge in [-0.3, -0.25) is 0 Å². The third-order valence-corrected chi connectivity index (χ3v) is 3.98. The topological polar surface area (TPSA) is 18.5 Å². The minimum absolute atomic E-state index is 0.0203. The predicted molar refractivity (Wildman–Crippen MR) is 62.8 cm³/mol. The summed E-state index contributed by atoms with van der Waals surface area (Å²) in [7, 11) is -0.0203. The Morgan fingerprint density at radius 3 is 2.07 bits per heavy atom. The van der Waals surface area contributed by atoms with Crippen molar-refractivity contribution in [3.05, 3.63) is 12.2 Å². The second-order valence-electron chi connectivity index (χ2n) is 5.95. The Bertz CT molecular complexity index is 259. The molecule has 0 amide bonds. The monoisotopic (exact) mass is 208 g/mol. The summed E-state index contributed by atoms with van der Waals surface area (Å²) in [5.41, 5.74) is 1.01. The Labute approximate surface area is 93.2 Å². The first kappa shape index (κ1) is 11.2. The summed E-state index contributed by atoms with van der Waals surface area (Å²) in [6.45, 7) is 12.4. The zero-order valence-corrected chi connectivity index (χ0v) is 10.3. The van der Waals surface area contributed by atoms with Crippen molar-refractivity contribution < 1.29 is 9.31 Å². The molecule has 0 bridgehead atoms. The Kier molecular flexibility index (Phi) is 2.51. The van der Waals surface area contributed by atoms with Crippen molar-refractivity contribution in [1.29, 1.82) is 0 Å². The van der Waals surface area contributed by atoms with Gasteiger partial charge in [0.1, 0.15) is 0 Å². The number of hydrogen-bond acceptors (Lipinski definition) is 2. The first-order chi connectivity index (χ1) is 6.80. The van der Waals surface area contributed by atoms with E-state index in [4.69, 9.17) is 9.31 Å². The molecule has 2 fully saturated rings. The lowest BCUT2D eigenvalue weighted by atomic mass is 9.67. The molecular formula is C12H21BO2. The molecule has 0 atom stereocenters. The maximum absolute atomic E-state index is 5.95. The van der Waals surface area contributed by atoms with Gasteiger partial charge in [0.05, 0.1) is 11.2 Å². The number of rotatable bonds is 2. The maximum Gasteiger partial charge on any atom is 0.458 e. The summed E-state index contributed by atoms with van der Waals surface area (Å²) in [5, 5.41) is 0. The highest BCUT2D eigenvalue weighted by atomic mass is 16.7. The molecule has 0 aromatic heterocycles. The number of hydrogen-bond donors (Lipinski definition) is 0. The van der Waals surface area contributed by atoms with Crippen molar-refractivity contribution in [2.45, 2.75) is 58.1 Å². The van der Waals surface area contributed by atoms with Crippen LogP contribution in [0.4, 0.5) is 0 Å². The van der Waals surface area contributed by atoms with E-state index in [0.29, 0.717) is 0 Å². The van der Waals surface area contributed by atoms with Crippen LogP contribution < -0.4 is 0 Å². The average molecular weight is 208 g/mol. The highest BCUT2D eigenvalue weighted by molar-refractivity contribution is 6.45. The zero-order chi connectivity index (χ0) is 11.3. The van der Waals surface area contributed by atoms with Gasteiger partial charge in [0.15, 0.2) is 0 Å². The van der Waals surface area contributed by atoms with E-state index in [9.17, 15) is 0 Å². The van der Waals surface area contributed by atoms with Gasteiger partial charge in [0, 0.05) is 0 Å². The fraction of sp³-hybridized carbons (Fsp3) is 0.833. The van der Waals surface area contributed by atoms with E-state index in [2.05, 4.69) is 34.3 Å².